The molecular weight excluding hydrogens is 653 g/mol. The van der Waals surface area contributed by atoms with E-state index < -0.39 is 6.10 Å². The number of fused-ring (bicyclic) bond motifs is 1. The first-order chi connectivity index (χ1) is 24.7. The van der Waals surface area contributed by atoms with Crippen molar-refractivity contribution in [1.82, 2.24) is 14.5 Å². The summed E-state index contributed by atoms with van der Waals surface area (Å²) in [6, 6.07) is 30.6. The molecule has 3 heterocycles. The Morgan fingerprint density at radius 2 is 1.78 bits per heavy atom. The lowest BCUT2D eigenvalue weighted by Crippen LogP contribution is -2.12. The van der Waals surface area contributed by atoms with Gasteiger partial charge in [0.15, 0.2) is 0 Å². The summed E-state index contributed by atoms with van der Waals surface area (Å²) in [4.78, 5) is 23.2. The monoisotopic (exact) mass is 694 g/mol. The fourth-order valence-corrected chi connectivity index (χ4v) is 5.73. The summed E-state index contributed by atoms with van der Waals surface area (Å²) in [6.45, 7) is 8.96. The molecule has 51 heavy (non-hydrogen) atoms. The minimum absolute atomic E-state index is 0.333. The number of imidazole rings is 1. The summed E-state index contributed by atoms with van der Waals surface area (Å²) in [5.74, 6) is 3.05. The number of hydrogen-bond acceptors (Lipinski definition) is 8. The summed E-state index contributed by atoms with van der Waals surface area (Å²) in [5, 5.41) is 23.6. The van der Waals surface area contributed by atoms with E-state index in [-0.39, 0.29) is 0 Å². The van der Waals surface area contributed by atoms with Gasteiger partial charge in [-0.3, -0.25) is 9.78 Å². The molecule has 0 aliphatic heterocycles. The number of hydrogen-bond donors (Lipinski definition) is 2. The molecule has 0 saturated heterocycles. The van der Waals surface area contributed by atoms with E-state index in [0.29, 0.717) is 29.3 Å². The van der Waals surface area contributed by atoms with Gasteiger partial charge in [-0.1, -0.05) is 81.7 Å². The van der Waals surface area contributed by atoms with Gasteiger partial charge in [-0.2, -0.15) is 5.26 Å². The number of pyridine rings is 1. The number of carbonyl (C=O) groups is 1. The molecule has 3 aromatic heterocycles. The number of aliphatic hydroxyl groups excluding tert-OH is 1. The van der Waals surface area contributed by atoms with Crippen molar-refractivity contribution in [2.75, 3.05) is 24.3 Å². The normalized spacial score (nSPS) is 10.7. The van der Waals surface area contributed by atoms with E-state index in [0.717, 1.165) is 49.5 Å². The van der Waals surface area contributed by atoms with Crippen molar-refractivity contribution in [2.24, 2.45) is 0 Å². The van der Waals surface area contributed by atoms with Crippen LogP contribution in [0.4, 0.5) is 11.6 Å². The molecule has 258 valence electrons. The van der Waals surface area contributed by atoms with Crippen LogP contribution in [0.15, 0.2) is 110 Å². The van der Waals surface area contributed by atoms with Gasteiger partial charge in [0.05, 0.1) is 39.8 Å². The van der Waals surface area contributed by atoms with E-state index in [2.05, 4.69) is 42.7 Å². The summed E-state index contributed by atoms with van der Waals surface area (Å²) in [7, 11) is 3.99. The van der Waals surface area contributed by atoms with Crippen LogP contribution in [0.1, 0.15) is 64.7 Å². The van der Waals surface area contributed by atoms with Crippen LogP contribution in [-0.2, 0) is 6.54 Å². The Bertz CT molecular complexity index is 2150. The second-order valence-corrected chi connectivity index (χ2v) is 12.9. The molecule has 6 aromatic rings. The van der Waals surface area contributed by atoms with Gasteiger partial charge in [0.25, 0.3) is 0 Å². The third-order valence-electron chi connectivity index (χ3n) is 7.80. The molecule has 1 atom stereocenters. The number of aliphatic hydroxyl groups is 1. The Morgan fingerprint density at radius 3 is 2.45 bits per heavy atom. The second kappa shape index (κ2) is 18.7. The van der Waals surface area contributed by atoms with Crippen molar-refractivity contribution in [1.29, 1.82) is 5.26 Å². The van der Waals surface area contributed by atoms with E-state index in [1.54, 1.807) is 48.0 Å². The maximum atomic E-state index is 11.0. The quantitative estimate of drug-likeness (QED) is 0.109. The van der Waals surface area contributed by atoms with Crippen molar-refractivity contribution >= 4 is 46.0 Å². The van der Waals surface area contributed by atoms with Crippen LogP contribution in [0.3, 0.4) is 0 Å². The first-order valence-corrected chi connectivity index (χ1v) is 17.4. The second-order valence-electron chi connectivity index (χ2n) is 11.8. The number of aromatic nitrogens is 3. The predicted molar refractivity (Wildman–Crippen MR) is 211 cm³/mol. The fraction of sp³-hybridized carbons (Fsp3) is 0.190. The molecule has 0 fully saturated rings. The molecule has 0 saturated carbocycles. The van der Waals surface area contributed by atoms with Crippen LogP contribution < -0.4 is 10.2 Å². The molecule has 0 aliphatic rings. The number of terminal acetylenes is 1. The number of thiophene rings is 1. The van der Waals surface area contributed by atoms with Gasteiger partial charge in [0.2, 0.25) is 5.95 Å². The van der Waals surface area contributed by atoms with Crippen LogP contribution in [0, 0.1) is 23.7 Å². The first-order valence-electron chi connectivity index (χ1n) is 16.5. The Morgan fingerprint density at radius 1 is 1.02 bits per heavy atom. The SMILES string of the molecule is C#Cc1cccc(C=O)c1.C=C(Nc1nc2cc(N(C)C)ccc2n1CC(O)c1ccccc1)c1ccc(-c2cncc(C#N)c2)s1.CCCC. The van der Waals surface area contributed by atoms with Crippen molar-refractivity contribution in [2.45, 2.75) is 39.3 Å². The van der Waals surface area contributed by atoms with Crippen LogP contribution in [0.25, 0.3) is 27.2 Å². The van der Waals surface area contributed by atoms with Crippen molar-refractivity contribution in [3.05, 3.63) is 137 Å². The van der Waals surface area contributed by atoms with Gasteiger partial charge in [-0.15, -0.1) is 17.8 Å². The number of anilines is 2. The zero-order valence-electron chi connectivity index (χ0n) is 29.4. The zero-order valence-corrected chi connectivity index (χ0v) is 30.2. The van der Waals surface area contributed by atoms with E-state index in [9.17, 15) is 15.2 Å². The van der Waals surface area contributed by atoms with Crippen molar-refractivity contribution < 1.29 is 9.90 Å². The number of unbranched alkanes of at least 4 members (excludes halogenated alkanes) is 1. The van der Waals surface area contributed by atoms with Gasteiger partial charge in [-0.25, -0.2) is 4.98 Å². The number of aldehydes is 1. The Kier molecular flexibility index (Phi) is 13.8. The maximum absolute atomic E-state index is 11.0. The standard InChI is InChI=1S/C29H26N6OS.C9H6O.C4H10/c1-19(27-11-12-28(37-27)22-13-20(15-30)16-31-17-22)32-29-33-24-14-23(34(2)3)9-10-25(24)35(29)18-26(36)21-7-5-4-6-8-21;1-2-8-4-3-5-9(6-8)7-10;1-3-4-2/h4-14,16-17,26,36H,1,18H2,2-3H3,(H,32,33);1,3-7H;3-4H2,1-2H3. The highest BCUT2D eigenvalue weighted by atomic mass is 32.1. The summed E-state index contributed by atoms with van der Waals surface area (Å²) in [5.41, 5.74) is 7.09. The minimum Gasteiger partial charge on any atom is -0.387 e. The van der Waals surface area contributed by atoms with Gasteiger partial charge in [-0.05, 0) is 54.1 Å². The van der Waals surface area contributed by atoms with Crippen molar-refractivity contribution in [3.63, 3.8) is 0 Å². The Labute approximate surface area is 304 Å². The molecule has 0 bridgehead atoms. The largest absolute Gasteiger partial charge is 0.387 e. The molecular formula is C42H42N6O2S. The number of nitrogens with one attached hydrogen (secondary N) is 1. The zero-order chi connectivity index (χ0) is 36.8. The molecule has 1 unspecified atom stereocenters. The third kappa shape index (κ3) is 10.3. The number of rotatable bonds is 10. The molecule has 0 amide bonds. The Hall–Kier alpha value is -6.00. The van der Waals surface area contributed by atoms with Crippen LogP contribution in [0.5, 0.6) is 0 Å². The van der Waals surface area contributed by atoms with E-state index in [4.69, 9.17) is 11.4 Å². The maximum Gasteiger partial charge on any atom is 0.208 e. The number of benzene rings is 3. The van der Waals surface area contributed by atoms with Crippen LogP contribution in [-0.4, -0.2) is 40.0 Å². The highest BCUT2D eigenvalue weighted by Gasteiger charge is 2.18. The molecule has 6 rings (SSSR count). The van der Waals surface area contributed by atoms with E-state index in [1.165, 1.54) is 12.8 Å². The average Bonchev–Trinajstić information content (AvgIpc) is 3.80. The third-order valence-corrected chi connectivity index (χ3v) is 8.99. The lowest BCUT2D eigenvalue weighted by Gasteiger charge is -2.16. The smallest absolute Gasteiger partial charge is 0.208 e. The molecule has 3 aromatic carbocycles. The molecule has 9 heteroatoms. The number of nitrogens with zero attached hydrogens (tertiary/aromatic N) is 5. The van der Waals surface area contributed by atoms with Gasteiger partial charge in [0, 0.05) is 53.7 Å². The first kappa shape index (κ1) is 37.8. The highest BCUT2D eigenvalue weighted by molar-refractivity contribution is 7.16. The van der Waals surface area contributed by atoms with Crippen molar-refractivity contribution in [3.8, 4) is 28.9 Å². The van der Waals surface area contributed by atoms with Crippen LogP contribution in [0.2, 0.25) is 0 Å². The summed E-state index contributed by atoms with van der Waals surface area (Å²) >= 11 is 1.56. The Balaban J connectivity index is 0.000000350. The number of carbonyl (C=O) groups excluding carboxylic acids is 1. The topological polar surface area (TPSA) is 107 Å². The minimum atomic E-state index is -0.700. The predicted octanol–water partition coefficient (Wildman–Crippen LogP) is 9.20. The lowest BCUT2D eigenvalue weighted by molar-refractivity contribution is 0.112. The molecule has 8 nitrogen and oxygen atoms in total. The van der Waals surface area contributed by atoms with Gasteiger partial charge in [0.1, 0.15) is 12.4 Å². The number of nitriles is 1. The van der Waals surface area contributed by atoms with Gasteiger partial charge >= 0.3 is 0 Å². The average molecular weight is 695 g/mol. The molecule has 2 N–H and O–H groups in total. The summed E-state index contributed by atoms with van der Waals surface area (Å²) < 4.78 is 1.99. The lowest BCUT2D eigenvalue weighted by atomic mass is 10.1. The molecule has 0 spiro atoms. The molecule has 0 aliphatic carbocycles. The summed E-state index contributed by atoms with van der Waals surface area (Å²) in [6.07, 6.45) is 11.1. The molecule has 0 radical (unpaired) electrons. The van der Waals surface area contributed by atoms with Gasteiger partial charge < -0.3 is 19.9 Å². The fourth-order valence-electron chi connectivity index (χ4n) is 4.82. The van der Waals surface area contributed by atoms with Crippen LogP contribution >= 0.6 is 11.3 Å². The highest BCUT2D eigenvalue weighted by Crippen LogP contribution is 2.33. The van der Waals surface area contributed by atoms with E-state index >= 15 is 0 Å². The van der Waals surface area contributed by atoms with E-state index in [1.807, 2.05) is 90.3 Å².